The van der Waals surface area contributed by atoms with Crippen molar-refractivity contribution >= 4 is 34.8 Å². The topological polar surface area (TPSA) is 69.6 Å². The maximum absolute atomic E-state index is 12.4. The van der Waals surface area contributed by atoms with Crippen LogP contribution in [0.4, 0.5) is 11.4 Å². The number of anilines is 2. The second kappa shape index (κ2) is 6.53. The molecule has 1 aliphatic rings. The van der Waals surface area contributed by atoms with E-state index in [9.17, 15) is 14.7 Å². The van der Waals surface area contributed by atoms with Crippen molar-refractivity contribution in [1.29, 1.82) is 0 Å². The van der Waals surface area contributed by atoms with Crippen LogP contribution in [-0.4, -0.2) is 23.5 Å². The van der Waals surface area contributed by atoms with Gasteiger partial charge in [0.05, 0.1) is 16.4 Å². The molecule has 124 valence electrons. The number of nitrogens with one attached hydrogen (secondary N) is 1. The van der Waals surface area contributed by atoms with Crippen molar-refractivity contribution in [2.45, 2.75) is 19.8 Å². The summed E-state index contributed by atoms with van der Waals surface area (Å²) in [7, 11) is 0. The standard InChI is InChI=1S/C18H17ClN2O3/c1-11-4-7-14(16(22)9-11)20-18(24)12-5-6-13(19)15(10-12)21-8-2-3-17(21)23/h4-7,9-10,22H,2-3,8H2,1H3,(H,20,24). The molecule has 6 heteroatoms. The van der Waals surface area contributed by atoms with E-state index in [4.69, 9.17) is 11.6 Å². The molecule has 1 heterocycles. The lowest BCUT2D eigenvalue weighted by atomic mass is 10.1. The molecule has 0 spiro atoms. The average molecular weight is 345 g/mol. The first-order valence-corrected chi connectivity index (χ1v) is 8.04. The van der Waals surface area contributed by atoms with Crippen molar-refractivity contribution in [1.82, 2.24) is 0 Å². The summed E-state index contributed by atoms with van der Waals surface area (Å²) >= 11 is 6.18. The van der Waals surface area contributed by atoms with Gasteiger partial charge in [-0.15, -0.1) is 0 Å². The summed E-state index contributed by atoms with van der Waals surface area (Å²) in [6.45, 7) is 2.45. The number of aromatic hydroxyl groups is 1. The molecular formula is C18H17ClN2O3. The summed E-state index contributed by atoms with van der Waals surface area (Å²) in [6, 6.07) is 9.81. The summed E-state index contributed by atoms with van der Waals surface area (Å²) in [4.78, 5) is 26.0. The van der Waals surface area contributed by atoms with Gasteiger partial charge < -0.3 is 15.3 Å². The van der Waals surface area contributed by atoms with Gasteiger partial charge >= 0.3 is 0 Å². The van der Waals surface area contributed by atoms with Crippen LogP contribution in [0.15, 0.2) is 36.4 Å². The van der Waals surface area contributed by atoms with Crippen molar-refractivity contribution in [2.24, 2.45) is 0 Å². The molecule has 0 aliphatic carbocycles. The maximum atomic E-state index is 12.4. The lowest BCUT2D eigenvalue weighted by Gasteiger charge is -2.18. The molecule has 1 aliphatic heterocycles. The number of hydrogen-bond donors (Lipinski definition) is 2. The van der Waals surface area contributed by atoms with E-state index in [0.29, 0.717) is 34.9 Å². The fourth-order valence-electron chi connectivity index (χ4n) is 2.71. The van der Waals surface area contributed by atoms with Crippen LogP contribution in [-0.2, 0) is 4.79 Å². The third-order valence-corrected chi connectivity index (χ3v) is 4.29. The average Bonchev–Trinajstić information content (AvgIpc) is 2.96. The van der Waals surface area contributed by atoms with Gasteiger partial charge in [-0.3, -0.25) is 9.59 Å². The highest BCUT2D eigenvalue weighted by molar-refractivity contribution is 6.34. The van der Waals surface area contributed by atoms with Gasteiger partial charge in [-0.05, 0) is 49.2 Å². The predicted molar refractivity (Wildman–Crippen MR) is 93.8 cm³/mol. The summed E-state index contributed by atoms with van der Waals surface area (Å²) in [5.41, 5.74) is 2.14. The second-order valence-electron chi connectivity index (χ2n) is 5.79. The van der Waals surface area contributed by atoms with Gasteiger partial charge in [0.1, 0.15) is 5.75 Å². The molecule has 5 nitrogen and oxygen atoms in total. The van der Waals surface area contributed by atoms with Crippen LogP contribution in [0.3, 0.4) is 0 Å². The minimum atomic E-state index is -0.376. The van der Waals surface area contributed by atoms with E-state index in [1.807, 2.05) is 6.92 Å². The number of amides is 2. The van der Waals surface area contributed by atoms with Crippen LogP contribution in [0.1, 0.15) is 28.8 Å². The summed E-state index contributed by atoms with van der Waals surface area (Å²) < 4.78 is 0. The molecule has 0 saturated carbocycles. The van der Waals surface area contributed by atoms with E-state index in [2.05, 4.69) is 5.32 Å². The van der Waals surface area contributed by atoms with E-state index in [-0.39, 0.29) is 17.6 Å². The zero-order valence-corrected chi connectivity index (χ0v) is 13.9. The molecule has 0 atom stereocenters. The Hall–Kier alpha value is -2.53. The van der Waals surface area contributed by atoms with Crippen LogP contribution >= 0.6 is 11.6 Å². The number of benzene rings is 2. The molecule has 0 bridgehead atoms. The Labute approximate surface area is 144 Å². The molecule has 1 saturated heterocycles. The van der Waals surface area contributed by atoms with Crippen LogP contribution in [0.25, 0.3) is 0 Å². The van der Waals surface area contributed by atoms with Crippen LogP contribution < -0.4 is 10.2 Å². The zero-order chi connectivity index (χ0) is 17.3. The predicted octanol–water partition coefficient (Wildman–Crippen LogP) is 3.73. The highest BCUT2D eigenvalue weighted by atomic mass is 35.5. The Balaban J connectivity index is 1.86. The van der Waals surface area contributed by atoms with E-state index >= 15 is 0 Å². The van der Waals surface area contributed by atoms with E-state index in [0.717, 1.165) is 12.0 Å². The zero-order valence-electron chi connectivity index (χ0n) is 13.2. The number of phenols is 1. The number of aryl methyl sites for hydroxylation is 1. The van der Waals surface area contributed by atoms with Gasteiger partial charge in [0.15, 0.2) is 0 Å². The number of phenolic OH excluding ortho intramolecular Hbond substituents is 1. The maximum Gasteiger partial charge on any atom is 0.255 e. The quantitative estimate of drug-likeness (QED) is 0.833. The summed E-state index contributed by atoms with van der Waals surface area (Å²) in [5.74, 6) is -0.364. The Morgan fingerprint density at radius 1 is 1.25 bits per heavy atom. The van der Waals surface area contributed by atoms with Gasteiger partial charge in [0.2, 0.25) is 5.91 Å². The van der Waals surface area contributed by atoms with Gasteiger partial charge in [0.25, 0.3) is 5.91 Å². The number of carbonyl (C=O) groups excluding carboxylic acids is 2. The van der Waals surface area contributed by atoms with Gasteiger partial charge in [0, 0.05) is 18.5 Å². The lowest BCUT2D eigenvalue weighted by Crippen LogP contribution is -2.24. The van der Waals surface area contributed by atoms with Crippen molar-refractivity contribution in [3.8, 4) is 5.75 Å². The summed E-state index contributed by atoms with van der Waals surface area (Å²) in [6.07, 6.45) is 1.27. The molecule has 0 radical (unpaired) electrons. The number of carbonyl (C=O) groups is 2. The van der Waals surface area contributed by atoms with Gasteiger partial charge in [-0.1, -0.05) is 17.7 Å². The molecule has 2 amide bonds. The van der Waals surface area contributed by atoms with E-state index < -0.39 is 0 Å². The van der Waals surface area contributed by atoms with Crippen molar-refractivity contribution < 1.29 is 14.7 Å². The second-order valence-corrected chi connectivity index (χ2v) is 6.20. The molecule has 2 aromatic rings. The molecule has 24 heavy (non-hydrogen) atoms. The van der Waals surface area contributed by atoms with Crippen molar-refractivity contribution in [2.75, 3.05) is 16.8 Å². The van der Waals surface area contributed by atoms with Gasteiger partial charge in [-0.2, -0.15) is 0 Å². The Morgan fingerprint density at radius 2 is 2.04 bits per heavy atom. The fraction of sp³-hybridized carbons (Fsp3) is 0.222. The molecule has 1 fully saturated rings. The molecule has 2 aromatic carbocycles. The molecular weight excluding hydrogens is 328 g/mol. The minimum Gasteiger partial charge on any atom is -0.506 e. The first-order chi connectivity index (χ1) is 11.5. The first kappa shape index (κ1) is 16.3. The number of hydrogen-bond acceptors (Lipinski definition) is 3. The number of rotatable bonds is 3. The van der Waals surface area contributed by atoms with E-state index in [1.54, 1.807) is 41.3 Å². The highest BCUT2D eigenvalue weighted by Crippen LogP contribution is 2.31. The summed E-state index contributed by atoms with van der Waals surface area (Å²) in [5, 5.41) is 13.0. The molecule has 2 N–H and O–H groups in total. The lowest BCUT2D eigenvalue weighted by molar-refractivity contribution is -0.117. The third-order valence-electron chi connectivity index (χ3n) is 3.97. The smallest absolute Gasteiger partial charge is 0.255 e. The molecule has 0 unspecified atom stereocenters. The van der Waals surface area contributed by atoms with Crippen LogP contribution in [0, 0.1) is 6.92 Å². The number of halogens is 1. The Bertz CT molecular complexity index is 820. The third kappa shape index (κ3) is 3.21. The SMILES string of the molecule is Cc1ccc(NC(=O)c2ccc(Cl)c(N3CCCC3=O)c2)c(O)c1. The monoisotopic (exact) mass is 344 g/mol. The normalized spacial score (nSPS) is 14.1. The minimum absolute atomic E-state index is 0.00522. The van der Waals surface area contributed by atoms with Crippen LogP contribution in [0.2, 0.25) is 5.02 Å². The first-order valence-electron chi connectivity index (χ1n) is 7.66. The Kier molecular flexibility index (Phi) is 4.44. The molecule has 3 rings (SSSR count). The van der Waals surface area contributed by atoms with E-state index in [1.165, 1.54) is 0 Å². The van der Waals surface area contributed by atoms with Gasteiger partial charge in [-0.25, -0.2) is 0 Å². The fourth-order valence-corrected chi connectivity index (χ4v) is 2.93. The largest absolute Gasteiger partial charge is 0.506 e. The highest BCUT2D eigenvalue weighted by Gasteiger charge is 2.24. The van der Waals surface area contributed by atoms with Crippen molar-refractivity contribution in [3.63, 3.8) is 0 Å². The Morgan fingerprint density at radius 3 is 2.71 bits per heavy atom. The van der Waals surface area contributed by atoms with Crippen LogP contribution in [0.5, 0.6) is 5.75 Å². The number of nitrogens with zero attached hydrogens (tertiary/aromatic N) is 1. The molecule has 0 aromatic heterocycles. The van der Waals surface area contributed by atoms with Crippen molar-refractivity contribution in [3.05, 3.63) is 52.5 Å².